The number of hydrogen-bond donors (Lipinski definition) is 1. The lowest BCUT2D eigenvalue weighted by molar-refractivity contribution is 0.467. The molecule has 1 heterocycles. The highest BCUT2D eigenvalue weighted by Crippen LogP contribution is 2.37. The molecule has 4 aromatic carbocycles. The lowest BCUT2D eigenvalue weighted by atomic mass is 9.87. The first-order valence-electron chi connectivity index (χ1n) is 9.42. The molecule has 0 saturated heterocycles. The quantitative estimate of drug-likeness (QED) is 0.384. The Morgan fingerprint density at radius 2 is 1.29 bits per heavy atom. The fourth-order valence-corrected chi connectivity index (χ4v) is 3.92. The van der Waals surface area contributed by atoms with Crippen molar-refractivity contribution in [1.82, 2.24) is 4.98 Å². The van der Waals surface area contributed by atoms with Gasteiger partial charge in [-0.1, -0.05) is 91.0 Å². The fourth-order valence-electron chi connectivity index (χ4n) is 3.92. The van der Waals surface area contributed by atoms with E-state index in [0.29, 0.717) is 0 Å². The predicted octanol–water partition coefficient (Wildman–Crippen LogP) is 6.27. The molecular formula is C26H19NO. The first-order chi connectivity index (χ1) is 13.8. The second-order valence-corrected chi connectivity index (χ2v) is 7.00. The van der Waals surface area contributed by atoms with Gasteiger partial charge in [-0.3, -0.25) is 4.98 Å². The van der Waals surface area contributed by atoms with Crippen molar-refractivity contribution in [2.45, 2.75) is 5.92 Å². The van der Waals surface area contributed by atoms with Gasteiger partial charge < -0.3 is 5.11 Å². The van der Waals surface area contributed by atoms with Crippen LogP contribution in [0.2, 0.25) is 0 Å². The van der Waals surface area contributed by atoms with Crippen molar-refractivity contribution in [3.63, 3.8) is 0 Å². The summed E-state index contributed by atoms with van der Waals surface area (Å²) >= 11 is 0. The number of rotatable bonds is 3. The average Bonchev–Trinajstić information content (AvgIpc) is 2.76. The van der Waals surface area contributed by atoms with Crippen molar-refractivity contribution >= 4 is 21.7 Å². The second-order valence-electron chi connectivity index (χ2n) is 7.00. The highest BCUT2D eigenvalue weighted by Gasteiger charge is 2.21. The molecule has 1 atom stereocenters. The minimum atomic E-state index is -0.134. The summed E-state index contributed by atoms with van der Waals surface area (Å²) in [6.45, 7) is 0. The Balaban J connectivity index is 1.78. The monoisotopic (exact) mass is 361 g/mol. The van der Waals surface area contributed by atoms with Crippen molar-refractivity contribution in [2.75, 3.05) is 0 Å². The molecular weight excluding hydrogens is 342 g/mol. The lowest BCUT2D eigenvalue weighted by Gasteiger charge is -2.19. The lowest BCUT2D eigenvalue weighted by Crippen LogP contribution is -2.06. The smallest absolute Gasteiger partial charge is 0.119 e. The summed E-state index contributed by atoms with van der Waals surface area (Å²) in [5, 5.41) is 14.0. The van der Waals surface area contributed by atoms with E-state index in [1.807, 2.05) is 48.5 Å². The Labute approximate surface area is 163 Å². The van der Waals surface area contributed by atoms with E-state index >= 15 is 0 Å². The van der Waals surface area contributed by atoms with E-state index in [9.17, 15) is 5.11 Å². The van der Waals surface area contributed by atoms with Crippen LogP contribution in [-0.4, -0.2) is 10.1 Å². The van der Waals surface area contributed by atoms with Crippen molar-refractivity contribution in [2.24, 2.45) is 0 Å². The number of pyridine rings is 1. The number of phenolic OH excluding ortho intramolecular Hbond substituents is 1. The molecule has 5 rings (SSSR count). The maximum atomic E-state index is 10.6. The zero-order chi connectivity index (χ0) is 18.9. The Bertz CT molecular complexity index is 1280. The number of nitrogens with zero attached hydrogens (tertiary/aromatic N) is 1. The van der Waals surface area contributed by atoms with Gasteiger partial charge in [-0.25, -0.2) is 0 Å². The van der Waals surface area contributed by atoms with Crippen LogP contribution in [0.15, 0.2) is 103 Å². The third-order valence-electron chi connectivity index (χ3n) is 5.28. The molecule has 1 aromatic heterocycles. The molecule has 134 valence electrons. The topological polar surface area (TPSA) is 33.1 Å². The van der Waals surface area contributed by atoms with Crippen molar-refractivity contribution < 1.29 is 5.11 Å². The van der Waals surface area contributed by atoms with E-state index in [1.54, 1.807) is 6.07 Å². The van der Waals surface area contributed by atoms with Crippen LogP contribution < -0.4 is 0 Å². The highest BCUT2D eigenvalue weighted by molar-refractivity contribution is 6.05. The van der Waals surface area contributed by atoms with Crippen LogP contribution in [0.1, 0.15) is 22.7 Å². The Hall–Kier alpha value is -3.65. The summed E-state index contributed by atoms with van der Waals surface area (Å²) in [5.41, 5.74) is 3.89. The molecule has 0 aliphatic rings. The molecule has 2 nitrogen and oxygen atoms in total. The van der Waals surface area contributed by atoms with E-state index in [4.69, 9.17) is 4.98 Å². The maximum absolute atomic E-state index is 10.6. The molecule has 0 spiro atoms. The molecule has 0 saturated carbocycles. The molecule has 0 fully saturated rings. The Morgan fingerprint density at radius 3 is 2.14 bits per heavy atom. The van der Waals surface area contributed by atoms with Crippen molar-refractivity contribution in [1.29, 1.82) is 0 Å². The summed E-state index contributed by atoms with van der Waals surface area (Å²) in [4.78, 5) is 5.09. The van der Waals surface area contributed by atoms with Crippen LogP contribution >= 0.6 is 0 Å². The van der Waals surface area contributed by atoms with Crippen molar-refractivity contribution in [3.8, 4) is 5.75 Å². The van der Waals surface area contributed by atoms with Crippen LogP contribution in [-0.2, 0) is 0 Å². The maximum Gasteiger partial charge on any atom is 0.119 e. The molecule has 0 bridgehead atoms. The predicted molar refractivity (Wildman–Crippen MR) is 115 cm³/mol. The summed E-state index contributed by atoms with van der Waals surface area (Å²) in [5.74, 6) is 0.155. The average molecular weight is 361 g/mol. The zero-order valence-electron chi connectivity index (χ0n) is 15.3. The van der Waals surface area contributed by atoms with Gasteiger partial charge in [-0.15, -0.1) is 0 Å². The number of hydrogen-bond acceptors (Lipinski definition) is 2. The Morgan fingerprint density at radius 1 is 0.607 bits per heavy atom. The van der Waals surface area contributed by atoms with Gasteiger partial charge in [0, 0.05) is 16.3 Å². The SMILES string of the molecule is Oc1ccccc1C(c1ccccc1)c1ccc2ccc3ccccc3c2n1. The van der Waals surface area contributed by atoms with Crippen LogP contribution in [0.25, 0.3) is 21.7 Å². The summed E-state index contributed by atoms with van der Waals surface area (Å²) in [7, 11) is 0. The second kappa shape index (κ2) is 6.82. The normalized spacial score (nSPS) is 12.3. The number of aromatic nitrogens is 1. The molecule has 1 N–H and O–H groups in total. The molecule has 5 aromatic rings. The molecule has 28 heavy (non-hydrogen) atoms. The van der Waals surface area contributed by atoms with E-state index in [0.717, 1.165) is 33.1 Å². The summed E-state index contributed by atoms with van der Waals surface area (Å²) < 4.78 is 0. The molecule has 1 unspecified atom stereocenters. The van der Waals surface area contributed by atoms with E-state index in [1.165, 1.54) is 5.39 Å². The van der Waals surface area contributed by atoms with Gasteiger partial charge in [0.25, 0.3) is 0 Å². The molecule has 0 aliphatic heterocycles. The number of fused-ring (bicyclic) bond motifs is 3. The highest BCUT2D eigenvalue weighted by atomic mass is 16.3. The van der Waals surface area contributed by atoms with E-state index < -0.39 is 0 Å². The standard InChI is InChI=1S/C26H19NO/c28-24-13-7-6-12-22(24)25(19-9-2-1-3-10-19)23-17-16-20-15-14-18-8-4-5-11-21(18)26(20)27-23/h1-17,25,28H. The number of aromatic hydroxyl groups is 1. The van der Waals surface area contributed by atoms with Crippen LogP contribution in [0.3, 0.4) is 0 Å². The fraction of sp³-hybridized carbons (Fsp3) is 0.0385. The third kappa shape index (κ3) is 2.80. The zero-order valence-corrected chi connectivity index (χ0v) is 15.3. The summed E-state index contributed by atoms with van der Waals surface area (Å²) in [6.07, 6.45) is 0. The molecule has 0 amide bonds. The van der Waals surface area contributed by atoms with Crippen LogP contribution in [0.4, 0.5) is 0 Å². The minimum absolute atomic E-state index is 0.134. The third-order valence-corrected chi connectivity index (χ3v) is 5.28. The molecule has 0 aliphatic carbocycles. The summed E-state index contributed by atoms with van der Waals surface area (Å²) in [6, 6.07) is 34.5. The Kier molecular flexibility index (Phi) is 4.02. The van der Waals surface area contributed by atoms with Crippen molar-refractivity contribution in [3.05, 3.63) is 120 Å². The first kappa shape index (κ1) is 16.5. The molecule has 2 heteroatoms. The number of benzene rings is 4. The van der Waals surface area contributed by atoms with Gasteiger partial charge in [-0.05, 0) is 23.1 Å². The van der Waals surface area contributed by atoms with Gasteiger partial charge in [-0.2, -0.15) is 0 Å². The van der Waals surface area contributed by atoms with Gasteiger partial charge in [0.05, 0.1) is 17.1 Å². The molecule has 0 radical (unpaired) electrons. The van der Waals surface area contributed by atoms with Gasteiger partial charge >= 0.3 is 0 Å². The van der Waals surface area contributed by atoms with E-state index in [-0.39, 0.29) is 11.7 Å². The largest absolute Gasteiger partial charge is 0.508 e. The van der Waals surface area contributed by atoms with Gasteiger partial charge in [0.2, 0.25) is 0 Å². The van der Waals surface area contributed by atoms with Gasteiger partial charge in [0.1, 0.15) is 5.75 Å². The van der Waals surface area contributed by atoms with Crippen LogP contribution in [0.5, 0.6) is 5.75 Å². The minimum Gasteiger partial charge on any atom is -0.508 e. The first-order valence-corrected chi connectivity index (χ1v) is 9.42. The number of para-hydroxylation sites is 1. The number of phenols is 1. The van der Waals surface area contributed by atoms with Crippen LogP contribution in [0, 0.1) is 0 Å². The van der Waals surface area contributed by atoms with E-state index in [2.05, 4.69) is 48.5 Å². The van der Waals surface area contributed by atoms with Gasteiger partial charge in [0.15, 0.2) is 0 Å².